The standard InChI is InChI=1S/C19H18ClFN4S/c1-12-6-8-14(9-7-12)22-19(26)23-18-10-13(2)25(24-18)11-15-16(20)4-3-5-17(15)21/h3-10H,11H2,1-2H3,(H2,22,23,24,26). The molecule has 0 radical (unpaired) electrons. The van der Waals surface area contributed by atoms with Crippen LogP contribution in [0.25, 0.3) is 0 Å². The monoisotopic (exact) mass is 388 g/mol. The van der Waals surface area contributed by atoms with Gasteiger partial charge in [-0.3, -0.25) is 4.68 Å². The summed E-state index contributed by atoms with van der Waals surface area (Å²) in [6, 6.07) is 14.4. The number of thiocarbonyl (C=S) groups is 1. The summed E-state index contributed by atoms with van der Waals surface area (Å²) >= 11 is 11.4. The zero-order chi connectivity index (χ0) is 18.7. The number of anilines is 2. The lowest BCUT2D eigenvalue weighted by molar-refractivity contribution is 0.581. The summed E-state index contributed by atoms with van der Waals surface area (Å²) in [5.41, 5.74) is 3.34. The molecule has 2 aromatic carbocycles. The molecule has 1 aromatic heterocycles. The van der Waals surface area contributed by atoms with Gasteiger partial charge in [-0.15, -0.1) is 0 Å². The van der Waals surface area contributed by atoms with Crippen molar-refractivity contribution in [1.82, 2.24) is 9.78 Å². The molecule has 0 aliphatic carbocycles. The fourth-order valence-electron chi connectivity index (χ4n) is 2.48. The molecule has 0 unspecified atom stereocenters. The van der Waals surface area contributed by atoms with E-state index in [1.165, 1.54) is 11.6 Å². The van der Waals surface area contributed by atoms with Crippen LogP contribution in [0.2, 0.25) is 5.02 Å². The summed E-state index contributed by atoms with van der Waals surface area (Å²) in [6.07, 6.45) is 0. The Hall–Kier alpha value is -2.44. The summed E-state index contributed by atoms with van der Waals surface area (Å²) < 4.78 is 15.7. The van der Waals surface area contributed by atoms with Crippen LogP contribution in [0, 0.1) is 19.7 Å². The molecule has 0 aliphatic heterocycles. The van der Waals surface area contributed by atoms with Gasteiger partial charge < -0.3 is 10.6 Å². The van der Waals surface area contributed by atoms with Crippen LogP contribution in [0.15, 0.2) is 48.5 Å². The van der Waals surface area contributed by atoms with E-state index < -0.39 is 0 Å². The third kappa shape index (κ3) is 4.39. The van der Waals surface area contributed by atoms with E-state index in [4.69, 9.17) is 23.8 Å². The van der Waals surface area contributed by atoms with Gasteiger partial charge in [0.25, 0.3) is 0 Å². The Kier molecular flexibility index (Phi) is 5.54. The average molecular weight is 389 g/mol. The van der Waals surface area contributed by atoms with E-state index in [0.29, 0.717) is 21.5 Å². The van der Waals surface area contributed by atoms with Crippen LogP contribution >= 0.6 is 23.8 Å². The zero-order valence-corrected chi connectivity index (χ0v) is 16.0. The van der Waals surface area contributed by atoms with E-state index in [2.05, 4.69) is 15.7 Å². The molecule has 0 saturated carbocycles. The number of benzene rings is 2. The Morgan fingerprint density at radius 2 is 1.88 bits per heavy atom. The maximum Gasteiger partial charge on any atom is 0.176 e. The fraction of sp³-hybridized carbons (Fsp3) is 0.158. The van der Waals surface area contributed by atoms with Gasteiger partial charge in [0, 0.05) is 28.0 Å². The highest BCUT2D eigenvalue weighted by atomic mass is 35.5. The number of aryl methyl sites for hydroxylation is 2. The molecule has 0 bridgehead atoms. The molecule has 0 fully saturated rings. The van der Waals surface area contributed by atoms with Gasteiger partial charge in [-0.1, -0.05) is 35.4 Å². The minimum Gasteiger partial charge on any atom is -0.332 e. The maximum atomic E-state index is 14.0. The number of nitrogens with one attached hydrogen (secondary N) is 2. The van der Waals surface area contributed by atoms with Crippen molar-refractivity contribution < 1.29 is 4.39 Å². The summed E-state index contributed by atoms with van der Waals surface area (Å²) in [7, 11) is 0. The predicted molar refractivity (Wildman–Crippen MR) is 108 cm³/mol. The predicted octanol–water partition coefficient (Wildman–Crippen LogP) is 5.15. The van der Waals surface area contributed by atoms with Crippen molar-refractivity contribution in [3.8, 4) is 0 Å². The molecule has 0 spiro atoms. The van der Waals surface area contributed by atoms with Gasteiger partial charge in [-0.2, -0.15) is 5.10 Å². The van der Waals surface area contributed by atoms with Gasteiger partial charge in [0.05, 0.1) is 6.54 Å². The first-order valence-electron chi connectivity index (χ1n) is 8.04. The third-order valence-electron chi connectivity index (χ3n) is 3.90. The minimum atomic E-state index is -0.349. The molecule has 1 heterocycles. The van der Waals surface area contributed by atoms with Crippen LogP contribution in [0.1, 0.15) is 16.8 Å². The van der Waals surface area contributed by atoms with Gasteiger partial charge in [-0.05, 0) is 50.3 Å². The molecule has 0 amide bonds. The molecule has 134 valence electrons. The number of aromatic nitrogens is 2. The number of halogens is 2. The van der Waals surface area contributed by atoms with Crippen LogP contribution in [0.4, 0.5) is 15.9 Å². The molecule has 0 atom stereocenters. The Morgan fingerprint density at radius 1 is 1.15 bits per heavy atom. The number of nitrogens with zero attached hydrogens (tertiary/aromatic N) is 2. The molecule has 7 heteroatoms. The molecule has 3 aromatic rings. The second kappa shape index (κ2) is 7.85. The van der Waals surface area contributed by atoms with Crippen molar-refractivity contribution >= 4 is 40.4 Å². The van der Waals surface area contributed by atoms with E-state index in [1.807, 2.05) is 44.2 Å². The molecule has 0 aliphatic rings. The number of rotatable bonds is 4. The van der Waals surface area contributed by atoms with E-state index in [1.54, 1.807) is 16.8 Å². The summed E-state index contributed by atoms with van der Waals surface area (Å²) in [5.74, 6) is 0.234. The highest BCUT2D eigenvalue weighted by Gasteiger charge is 2.11. The van der Waals surface area contributed by atoms with Crippen LogP contribution in [-0.2, 0) is 6.54 Å². The smallest absolute Gasteiger partial charge is 0.176 e. The van der Waals surface area contributed by atoms with Crippen LogP contribution < -0.4 is 10.6 Å². The molecular weight excluding hydrogens is 371 g/mol. The van der Waals surface area contributed by atoms with Crippen molar-refractivity contribution in [3.63, 3.8) is 0 Å². The Morgan fingerprint density at radius 3 is 2.58 bits per heavy atom. The average Bonchev–Trinajstić information content (AvgIpc) is 2.92. The lowest BCUT2D eigenvalue weighted by Gasteiger charge is -2.09. The largest absolute Gasteiger partial charge is 0.332 e. The van der Waals surface area contributed by atoms with Crippen LogP contribution in [-0.4, -0.2) is 14.9 Å². The second-order valence-electron chi connectivity index (χ2n) is 5.97. The number of hydrogen-bond donors (Lipinski definition) is 2. The molecule has 3 rings (SSSR count). The molecule has 26 heavy (non-hydrogen) atoms. The Labute approximate surface area is 162 Å². The van der Waals surface area contributed by atoms with Gasteiger partial charge in [0.15, 0.2) is 10.9 Å². The van der Waals surface area contributed by atoms with E-state index in [9.17, 15) is 4.39 Å². The SMILES string of the molecule is Cc1ccc(NC(=S)Nc2cc(C)n(Cc3c(F)cccc3Cl)n2)cc1. The summed E-state index contributed by atoms with van der Waals surface area (Å²) in [6.45, 7) is 4.16. The van der Waals surface area contributed by atoms with Gasteiger partial charge in [0.2, 0.25) is 0 Å². The topological polar surface area (TPSA) is 41.9 Å². The third-order valence-corrected chi connectivity index (χ3v) is 4.46. The van der Waals surface area contributed by atoms with Gasteiger partial charge in [-0.25, -0.2) is 4.39 Å². The zero-order valence-electron chi connectivity index (χ0n) is 14.4. The second-order valence-corrected chi connectivity index (χ2v) is 6.79. The van der Waals surface area contributed by atoms with E-state index in [-0.39, 0.29) is 12.4 Å². The normalized spacial score (nSPS) is 10.6. The first kappa shape index (κ1) is 18.4. The lowest BCUT2D eigenvalue weighted by atomic mass is 10.2. The first-order chi connectivity index (χ1) is 12.4. The van der Waals surface area contributed by atoms with Gasteiger partial charge >= 0.3 is 0 Å². The van der Waals surface area contributed by atoms with E-state index >= 15 is 0 Å². The van der Waals surface area contributed by atoms with Crippen molar-refractivity contribution in [2.75, 3.05) is 10.6 Å². The molecular formula is C19H18ClFN4S. The first-order valence-corrected chi connectivity index (χ1v) is 8.83. The minimum absolute atomic E-state index is 0.247. The van der Waals surface area contributed by atoms with Gasteiger partial charge in [0.1, 0.15) is 5.82 Å². The van der Waals surface area contributed by atoms with Crippen molar-refractivity contribution in [2.24, 2.45) is 0 Å². The molecule has 2 N–H and O–H groups in total. The fourth-order valence-corrected chi connectivity index (χ4v) is 2.93. The summed E-state index contributed by atoms with van der Waals surface area (Å²) in [5, 5.41) is 11.4. The Balaban J connectivity index is 1.69. The number of hydrogen-bond acceptors (Lipinski definition) is 2. The van der Waals surface area contributed by atoms with Crippen LogP contribution in [0.3, 0.4) is 0 Å². The van der Waals surface area contributed by atoms with Crippen molar-refractivity contribution in [3.05, 3.63) is 76.2 Å². The van der Waals surface area contributed by atoms with E-state index in [0.717, 1.165) is 11.4 Å². The summed E-state index contributed by atoms with van der Waals surface area (Å²) in [4.78, 5) is 0. The Bertz CT molecular complexity index is 917. The maximum absolute atomic E-state index is 14.0. The molecule has 0 saturated heterocycles. The van der Waals surface area contributed by atoms with Crippen molar-refractivity contribution in [2.45, 2.75) is 20.4 Å². The highest BCUT2D eigenvalue weighted by Crippen LogP contribution is 2.21. The quantitative estimate of drug-likeness (QED) is 0.606. The van der Waals surface area contributed by atoms with Crippen LogP contribution in [0.5, 0.6) is 0 Å². The molecule has 4 nitrogen and oxygen atoms in total. The van der Waals surface area contributed by atoms with Crippen molar-refractivity contribution in [1.29, 1.82) is 0 Å². The highest BCUT2D eigenvalue weighted by molar-refractivity contribution is 7.80. The lowest BCUT2D eigenvalue weighted by Crippen LogP contribution is -2.19.